The van der Waals surface area contributed by atoms with Gasteiger partial charge in [0.15, 0.2) is 15.9 Å². The second kappa shape index (κ2) is 9.38. The minimum atomic E-state index is -0.121. The number of nitrogens with one attached hydrogen (secondary N) is 1. The molecule has 0 saturated heterocycles. The zero-order valence-electron chi connectivity index (χ0n) is 19.9. The van der Waals surface area contributed by atoms with Crippen LogP contribution in [-0.4, -0.2) is 39.3 Å². The second-order valence-corrected chi connectivity index (χ2v) is 8.94. The molecule has 3 aromatic heterocycles. The first-order valence-corrected chi connectivity index (χ1v) is 12.0. The number of nitrogens with zero attached hydrogens (tertiary/aromatic N) is 7. The Bertz CT molecular complexity index is 1610. The Kier molecular flexibility index (Phi) is 6.12. The molecule has 0 fully saturated rings. The van der Waals surface area contributed by atoms with Crippen molar-refractivity contribution in [3.63, 3.8) is 0 Å². The first-order valence-electron chi connectivity index (χ1n) is 11.6. The zero-order valence-corrected chi connectivity index (χ0v) is 20.7. The number of hydrogen-bond donors (Lipinski definition) is 1. The van der Waals surface area contributed by atoms with Crippen LogP contribution in [0.5, 0.6) is 0 Å². The molecule has 0 spiro atoms. The Balaban J connectivity index is 1.55. The lowest BCUT2D eigenvalue weighted by atomic mass is 9.98. The number of fused-ring (bicyclic) bond motifs is 1. The lowest BCUT2D eigenvalue weighted by Gasteiger charge is -2.12. The average Bonchev–Trinajstić information content (AvgIpc) is 3.54. The Labute approximate surface area is 207 Å². The topological polar surface area (TPSA) is 99.2 Å². The highest BCUT2D eigenvalue weighted by Crippen LogP contribution is 2.30. The quantitative estimate of drug-likeness (QED) is 0.349. The SMILES string of the molecule is CCCCc1nc2c(c(=O)n(C)c(=S)n2C)n1Cc1ccc(-c2ccccc2-c2nn[nH]n2)cc1. The predicted molar refractivity (Wildman–Crippen MR) is 138 cm³/mol. The summed E-state index contributed by atoms with van der Waals surface area (Å²) in [5.41, 5.74) is 5.16. The summed E-state index contributed by atoms with van der Waals surface area (Å²) in [5.74, 6) is 1.46. The van der Waals surface area contributed by atoms with Crippen molar-refractivity contribution in [3.8, 4) is 22.5 Å². The van der Waals surface area contributed by atoms with E-state index >= 15 is 0 Å². The molecule has 178 valence electrons. The maximum absolute atomic E-state index is 13.2. The molecule has 0 amide bonds. The molecule has 10 heteroatoms. The van der Waals surface area contributed by atoms with Crippen LogP contribution < -0.4 is 5.56 Å². The number of H-pyrrole nitrogens is 1. The van der Waals surface area contributed by atoms with E-state index in [1.165, 1.54) is 4.57 Å². The minimum Gasteiger partial charge on any atom is -0.318 e. The molecule has 5 rings (SSSR count). The summed E-state index contributed by atoms with van der Waals surface area (Å²) in [4.78, 5) is 18.0. The smallest absolute Gasteiger partial charge is 0.280 e. The summed E-state index contributed by atoms with van der Waals surface area (Å²) in [6, 6.07) is 16.3. The highest BCUT2D eigenvalue weighted by Gasteiger charge is 2.18. The van der Waals surface area contributed by atoms with Crippen LogP contribution in [0.1, 0.15) is 31.2 Å². The monoisotopic (exact) mass is 486 g/mol. The molecule has 0 atom stereocenters. The van der Waals surface area contributed by atoms with Crippen LogP contribution >= 0.6 is 12.2 Å². The highest BCUT2D eigenvalue weighted by atomic mass is 32.1. The van der Waals surface area contributed by atoms with E-state index in [-0.39, 0.29) is 5.56 Å². The van der Waals surface area contributed by atoms with Crippen LogP contribution in [0.25, 0.3) is 33.7 Å². The fraction of sp³-hybridized carbons (Fsp3) is 0.280. The van der Waals surface area contributed by atoms with Crippen molar-refractivity contribution in [1.82, 2.24) is 39.3 Å². The van der Waals surface area contributed by atoms with Crippen molar-refractivity contribution in [1.29, 1.82) is 0 Å². The van der Waals surface area contributed by atoms with Crippen molar-refractivity contribution in [2.24, 2.45) is 14.1 Å². The molecular formula is C25H26N8OS. The zero-order chi connectivity index (χ0) is 24.5. The average molecular weight is 487 g/mol. The number of aromatic amines is 1. The molecule has 2 aromatic carbocycles. The summed E-state index contributed by atoms with van der Waals surface area (Å²) in [6.45, 7) is 2.70. The van der Waals surface area contributed by atoms with Crippen molar-refractivity contribution in [2.45, 2.75) is 32.7 Å². The van der Waals surface area contributed by atoms with Gasteiger partial charge in [0.05, 0.1) is 0 Å². The van der Waals surface area contributed by atoms with Crippen molar-refractivity contribution in [3.05, 3.63) is 75.0 Å². The molecule has 5 aromatic rings. The van der Waals surface area contributed by atoms with E-state index in [2.05, 4.69) is 51.8 Å². The Hall–Kier alpha value is -3.92. The van der Waals surface area contributed by atoms with Gasteiger partial charge in [0.2, 0.25) is 5.82 Å². The van der Waals surface area contributed by atoms with Crippen molar-refractivity contribution >= 4 is 23.4 Å². The van der Waals surface area contributed by atoms with Gasteiger partial charge in [-0.2, -0.15) is 5.21 Å². The first kappa shape index (κ1) is 22.9. The lowest BCUT2D eigenvalue weighted by Crippen LogP contribution is -2.24. The summed E-state index contributed by atoms with van der Waals surface area (Å²) in [7, 11) is 3.57. The third kappa shape index (κ3) is 4.10. The molecule has 1 N–H and O–H groups in total. The largest absolute Gasteiger partial charge is 0.318 e. The third-order valence-electron chi connectivity index (χ3n) is 6.30. The van der Waals surface area contributed by atoms with Gasteiger partial charge in [-0.3, -0.25) is 9.36 Å². The van der Waals surface area contributed by atoms with E-state index in [1.807, 2.05) is 40.4 Å². The van der Waals surface area contributed by atoms with Gasteiger partial charge < -0.3 is 9.13 Å². The molecule has 0 saturated carbocycles. The van der Waals surface area contributed by atoms with Gasteiger partial charge >= 0.3 is 0 Å². The number of hydrogen-bond acceptors (Lipinski definition) is 6. The molecule has 9 nitrogen and oxygen atoms in total. The third-order valence-corrected chi connectivity index (χ3v) is 6.85. The lowest BCUT2D eigenvalue weighted by molar-refractivity contribution is 0.686. The Morgan fingerprint density at radius 3 is 2.43 bits per heavy atom. The number of aromatic nitrogens is 8. The molecule has 0 aliphatic carbocycles. The van der Waals surface area contributed by atoms with Gasteiger partial charge in [-0.25, -0.2) is 4.98 Å². The van der Waals surface area contributed by atoms with Gasteiger partial charge in [-0.05, 0) is 40.5 Å². The van der Waals surface area contributed by atoms with E-state index in [0.29, 0.717) is 28.3 Å². The van der Waals surface area contributed by atoms with Crippen LogP contribution in [0, 0.1) is 4.77 Å². The normalized spacial score (nSPS) is 11.4. The van der Waals surface area contributed by atoms with Crippen LogP contribution in [-0.2, 0) is 27.1 Å². The molecule has 0 aliphatic rings. The van der Waals surface area contributed by atoms with Gasteiger partial charge in [-0.1, -0.05) is 61.9 Å². The molecule has 35 heavy (non-hydrogen) atoms. The van der Waals surface area contributed by atoms with E-state index in [9.17, 15) is 4.79 Å². The number of unbranched alkanes of at least 4 members (excludes halogenated alkanes) is 1. The van der Waals surface area contributed by atoms with Crippen LogP contribution in [0.2, 0.25) is 0 Å². The van der Waals surface area contributed by atoms with Gasteiger partial charge in [0.25, 0.3) is 5.56 Å². The molecule has 0 unspecified atom stereocenters. The highest BCUT2D eigenvalue weighted by molar-refractivity contribution is 7.71. The Morgan fingerprint density at radius 2 is 1.74 bits per heavy atom. The van der Waals surface area contributed by atoms with Gasteiger partial charge in [0, 0.05) is 32.6 Å². The first-order chi connectivity index (χ1) is 17.0. The molecular weight excluding hydrogens is 460 g/mol. The summed E-state index contributed by atoms with van der Waals surface area (Å²) in [5, 5.41) is 14.5. The van der Waals surface area contributed by atoms with E-state index in [1.54, 1.807) is 7.05 Å². The molecule has 3 heterocycles. The summed E-state index contributed by atoms with van der Waals surface area (Å²) >= 11 is 5.44. The van der Waals surface area contributed by atoms with Gasteiger partial charge in [0.1, 0.15) is 5.82 Å². The minimum absolute atomic E-state index is 0.121. The fourth-order valence-electron chi connectivity index (χ4n) is 4.37. The molecule has 0 bridgehead atoms. The summed E-state index contributed by atoms with van der Waals surface area (Å²) in [6.07, 6.45) is 2.85. The van der Waals surface area contributed by atoms with E-state index in [4.69, 9.17) is 17.2 Å². The van der Waals surface area contributed by atoms with Crippen LogP contribution in [0.15, 0.2) is 53.3 Å². The number of rotatable bonds is 7. The predicted octanol–water partition coefficient (Wildman–Crippen LogP) is 4.04. The Morgan fingerprint density at radius 1 is 1.00 bits per heavy atom. The van der Waals surface area contributed by atoms with Crippen LogP contribution in [0.4, 0.5) is 0 Å². The molecule has 0 radical (unpaired) electrons. The fourth-order valence-corrected chi connectivity index (χ4v) is 4.54. The summed E-state index contributed by atoms with van der Waals surface area (Å²) < 4.78 is 5.83. The number of benzene rings is 2. The second-order valence-electron chi connectivity index (χ2n) is 8.57. The maximum atomic E-state index is 13.2. The number of imidazole rings is 1. The standard InChI is InChI=1S/C25H26N8OS/c1-4-5-10-20-26-23-21(24(34)32(3)25(35)31(23)2)33(20)15-16-11-13-17(14-12-16)18-8-6-7-9-19(18)22-27-29-30-28-22/h6-9,11-14H,4-5,10,15H2,1-3H3,(H,27,28,29,30). The molecule has 0 aliphatic heterocycles. The number of aryl methyl sites for hydroxylation is 2. The van der Waals surface area contributed by atoms with Crippen molar-refractivity contribution in [2.75, 3.05) is 0 Å². The number of tetrazole rings is 1. The van der Waals surface area contributed by atoms with Crippen molar-refractivity contribution < 1.29 is 0 Å². The van der Waals surface area contributed by atoms with E-state index in [0.717, 1.165) is 47.3 Å². The van der Waals surface area contributed by atoms with Gasteiger partial charge in [-0.15, -0.1) is 10.2 Å². The maximum Gasteiger partial charge on any atom is 0.280 e. The van der Waals surface area contributed by atoms with Crippen LogP contribution in [0.3, 0.4) is 0 Å². The van der Waals surface area contributed by atoms with E-state index < -0.39 is 0 Å².